The van der Waals surface area contributed by atoms with Crippen molar-refractivity contribution in [1.29, 1.82) is 0 Å². The molecule has 0 aliphatic rings. The number of aryl methyl sites for hydroxylation is 1. The molecule has 0 saturated carbocycles. The Morgan fingerprint density at radius 1 is 0.889 bits per heavy atom. The first-order valence-corrected chi connectivity index (χ1v) is 17.0. The molecule has 0 unspecified atom stereocenters. The molecule has 0 bridgehead atoms. The molecule has 0 fully saturated rings. The first-order chi connectivity index (χ1) is 21.4. The largest absolute Gasteiger partial charge is 0.456 e. The SMILES string of the molecule is CCCCc1nc2ccc(N(C)S(=O)(=O)Cc3ccccc3)cc2n1Cc1ccc(-c2ccccc2C(=O)OC(C)(C)C)cc1. The van der Waals surface area contributed by atoms with Gasteiger partial charge in [0.2, 0.25) is 10.0 Å². The minimum absolute atomic E-state index is 0.0766. The smallest absolute Gasteiger partial charge is 0.339 e. The average molecular weight is 624 g/mol. The van der Waals surface area contributed by atoms with E-state index in [0.717, 1.165) is 58.4 Å². The second-order valence-electron chi connectivity index (χ2n) is 12.3. The van der Waals surface area contributed by atoms with Crippen LogP contribution >= 0.6 is 0 Å². The molecule has 1 aromatic heterocycles. The third-order valence-corrected chi connectivity index (χ3v) is 9.43. The van der Waals surface area contributed by atoms with Crippen LogP contribution in [0, 0.1) is 0 Å². The molecule has 0 spiro atoms. The Morgan fingerprint density at radius 3 is 2.27 bits per heavy atom. The minimum atomic E-state index is -3.59. The van der Waals surface area contributed by atoms with E-state index >= 15 is 0 Å². The number of benzene rings is 4. The van der Waals surface area contributed by atoms with Crippen molar-refractivity contribution in [2.45, 2.75) is 64.9 Å². The van der Waals surface area contributed by atoms with Crippen molar-refractivity contribution >= 4 is 32.7 Å². The van der Waals surface area contributed by atoms with E-state index in [1.807, 2.05) is 99.6 Å². The summed E-state index contributed by atoms with van der Waals surface area (Å²) < 4.78 is 35.8. The second-order valence-corrected chi connectivity index (χ2v) is 14.3. The van der Waals surface area contributed by atoms with E-state index in [-0.39, 0.29) is 11.7 Å². The molecule has 4 aromatic carbocycles. The molecule has 0 saturated heterocycles. The third-order valence-electron chi connectivity index (χ3n) is 7.69. The van der Waals surface area contributed by atoms with Gasteiger partial charge in [-0.15, -0.1) is 0 Å². The zero-order chi connectivity index (χ0) is 32.2. The Balaban J connectivity index is 1.45. The third kappa shape index (κ3) is 7.63. The van der Waals surface area contributed by atoms with Gasteiger partial charge in [0.1, 0.15) is 11.4 Å². The maximum Gasteiger partial charge on any atom is 0.339 e. The lowest BCUT2D eigenvalue weighted by Crippen LogP contribution is -2.27. The van der Waals surface area contributed by atoms with Gasteiger partial charge < -0.3 is 9.30 Å². The number of carbonyl (C=O) groups is 1. The van der Waals surface area contributed by atoms with E-state index in [2.05, 4.69) is 23.6 Å². The van der Waals surface area contributed by atoms with Crippen LogP contribution in [0.1, 0.15) is 67.8 Å². The standard InChI is InChI=1S/C37H41N3O4S/c1-6-7-17-35-38-33-23-22-30(39(5)45(42,43)26-28-13-9-8-10-14-28)24-34(33)40(35)25-27-18-20-29(21-19-27)31-15-11-12-16-32(31)36(41)44-37(2,3)4/h8-16,18-24H,6-7,17,25-26H2,1-5H3. The molecule has 0 aliphatic carbocycles. The maximum absolute atomic E-state index is 13.3. The van der Waals surface area contributed by atoms with Crippen molar-refractivity contribution in [1.82, 2.24) is 9.55 Å². The van der Waals surface area contributed by atoms with Gasteiger partial charge in [0, 0.05) is 20.0 Å². The number of nitrogens with zero attached hydrogens (tertiary/aromatic N) is 3. The number of unbranched alkanes of at least 4 members (excludes halogenated alkanes) is 1. The van der Waals surface area contributed by atoms with E-state index in [4.69, 9.17) is 9.72 Å². The van der Waals surface area contributed by atoms with Crippen LogP contribution in [0.3, 0.4) is 0 Å². The molecule has 0 atom stereocenters. The highest BCUT2D eigenvalue weighted by molar-refractivity contribution is 7.92. The molecule has 0 radical (unpaired) electrons. The Bertz CT molecular complexity index is 1890. The summed E-state index contributed by atoms with van der Waals surface area (Å²) in [5, 5.41) is 0. The Kier molecular flexibility index (Phi) is 9.44. The zero-order valence-electron chi connectivity index (χ0n) is 26.7. The van der Waals surface area contributed by atoms with E-state index in [9.17, 15) is 13.2 Å². The van der Waals surface area contributed by atoms with Gasteiger partial charge >= 0.3 is 5.97 Å². The minimum Gasteiger partial charge on any atom is -0.456 e. The van der Waals surface area contributed by atoms with Crippen LogP contribution < -0.4 is 4.31 Å². The van der Waals surface area contributed by atoms with Gasteiger partial charge in [-0.05, 0) is 73.7 Å². The van der Waals surface area contributed by atoms with Crippen LogP contribution in [0.25, 0.3) is 22.2 Å². The van der Waals surface area contributed by atoms with Crippen molar-refractivity contribution in [3.05, 3.63) is 120 Å². The highest BCUT2D eigenvalue weighted by Crippen LogP contribution is 2.29. The predicted octanol–water partition coefficient (Wildman–Crippen LogP) is 8.02. The predicted molar refractivity (Wildman–Crippen MR) is 182 cm³/mol. The fraction of sp³-hybridized carbons (Fsp3) is 0.297. The van der Waals surface area contributed by atoms with Crippen LogP contribution in [0.15, 0.2) is 97.1 Å². The van der Waals surface area contributed by atoms with E-state index in [0.29, 0.717) is 17.8 Å². The number of carbonyl (C=O) groups excluding carboxylic acids is 1. The number of anilines is 1. The molecule has 8 heteroatoms. The molecule has 7 nitrogen and oxygen atoms in total. The van der Waals surface area contributed by atoms with Crippen molar-refractivity contribution < 1.29 is 17.9 Å². The van der Waals surface area contributed by atoms with Gasteiger partial charge in [-0.25, -0.2) is 18.2 Å². The number of hydrogen-bond donors (Lipinski definition) is 0. The first-order valence-electron chi connectivity index (χ1n) is 15.4. The van der Waals surface area contributed by atoms with Crippen LogP contribution in [0.4, 0.5) is 5.69 Å². The van der Waals surface area contributed by atoms with Crippen LogP contribution in [0.2, 0.25) is 0 Å². The van der Waals surface area contributed by atoms with Gasteiger partial charge in [0.25, 0.3) is 0 Å². The van der Waals surface area contributed by atoms with Gasteiger partial charge in [-0.3, -0.25) is 4.31 Å². The second kappa shape index (κ2) is 13.3. The monoisotopic (exact) mass is 623 g/mol. The molecule has 45 heavy (non-hydrogen) atoms. The highest BCUT2D eigenvalue weighted by atomic mass is 32.2. The fourth-order valence-corrected chi connectivity index (χ4v) is 6.56. The van der Waals surface area contributed by atoms with Crippen LogP contribution in [-0.2, 0) is 33.5 Å². The lowest BCUT2D eigenvalue weighted by Gasteiger charge is -2.20. The molecule has 0 amide bonds. The molecule has 0 aliphatic heterocycles. The molecule has 234 valence electrons. The number of aromatic nitrogens is 2. The maximum atomic E-state index is 13.3. The van der Waals surface area contributed by atoms with Crippen molar-refractivity contribution in [3.8, 4) is 11.1 Å². The summed E-state index contributed by atoms with van der Waals surface area (Å²) in [5.74, 6) is 0.546. The Hall–Kier alpha value is -4.43. The normalized spacial score (nSPS) is 11.9. The number of ether oxygens (including phenoxy) is 1. The first kappa shape index (κ1) is 32.0. The quantitative estimate of drug-likeness (QED) is 0.139. The van der Waals surface area contributed by atoms with Crippen LogP contribution in [-0.4, -0.2) is 36.6 Å². The highest BCUT2D eigenvalue weighted by Gasteiger charge is 2.22. The Morgan fingerprint density at radius 2 is 1.58 bits per heavy atom. The number of esters is 1. The molecule has 1 heterocycles. The lowest BCUT2D eigenvalue weighted by atomic mass is 9.98. The summed E-state index contributed by atoms with van der Waals surface area (Å²) in [6.07, 6.45) is 2.87. The van der Waals surface area contributed by atoms with Crippen molar-refractivity contribution in [3.63, 3.8) is 0 Å². The van der Waals surface area contributed by atoms with Crippen molar-refractivity contribution in [2.24, 2.45) is 0 Å². The lowest BCUT2D eigenvalue weighted by molar-refractivity contribution is 0.00704. The van der Waals surface area contributed by atoms with E-state index < -0.39 is 15.6 Å². The summed E-state index contributed by atoms with van der Waals surface area (Å²) in [7, 11) is -1.99. The number of hydrogen-bond acceptors (Lipinski definition) is 5. The van der Waals surface area contributed by atoms with Gasteiger partial charge in [0.05, 0.1) is 28.0 Å². The van der Waals surface area contributed by atoms with Gasteiger partial charge in [0.15, 0.2) is 0 Å². The summed E-state index contributed by atoms with van der Waals surface area (Å²) in [5.41, 5.74) is 5.82. The van der Waals surface area contributed by atoms with E-state index in [1.54, 1.807) is 13.1 Å². The van der Waals surface area contributed by atoms with Crippen LogP contribution in [0.5, 0.6) is 0 Å². The van der Waals surface area contributed by atoms with E-state index in [1.165, 1.54) is 4.31 Å². The number of sulfonamides is 1. The number of imidazole rings is 1. The summed E-state index contributed by atoms with van der Waals surface area (Å²) in [6.45, 7) is 8.32. The van der Waals surface area contributed by atoms with Crippen molar-refractivity contribution in [2.75, 3.05) is 11.4 Å². The number of rotatable bonds is 11. The molecule has 5 rings (SSSR count). The van der Waals surface area contributed by atoms with Gasteiger partial charge in [-0.2, -0.15) is 0 Å². The summed E-state index contributed by atoms with van der Waals surface area (Å²) >= 11 is 0. The molecular formula is C37H41N3O4S. The fourth-order valence-electron chi connectivity index (χ4n) is 5.32. The number of fused-ring (bicyclic) bond motifs is 1. The molecule has 0 N–H and O–H groups in total. The summed E-state index contributed by atoms with van der Waals surface area (Å²) in [4.78, 5) is 17.9. The summed E-state index contributed by atoms with van der Waals surface area (Å²) in [6, 6.07) is 30.5. The topological polar surface area (TPSA) is 81.5 Å². The molecular weight excluding hydrogens is 582 g/mol. The Labute approximate surface area is 266 Å². The molecule has 5 aromatic rings. The zero-order valence-corrected chi connectivity index (χ0v) is 27.5. The average Bonchev–Trinajstić information content (AvgIpc) is 3.35. The van der Waals surface area contributed by atoms with Gasteiger partial charge in [-0.1, -0.05) is 86.1 Å².